The van der Waals surface area contributed by atoms with E-state index in [9.17, 15) is 21.6 Å². The molecule has 0 radical (unpaired) electrons. The minimum atomic E-state index is -3.92. The number of amides is 1. The molecule has 9 nitrogen and oxygen atoms in total. The number of carbonyl (C=O) groups excluding carboxylic acids is 1. The number of hydrogen-bond acceptors (Lipinski definition) is 6. The van der Waals surface area contributed by atoms with Crippen molar-refractivity contribution in [1.82, 2.24) is 14.3 Å². The highest BCUT2D eigenvalue weighted by Crippen LogP contribution is 2.18. The molecule has 0 saturated carbocycles. The van der Waals surface area contributed by atoms with Gasteiger partial charge in [0.1, 0.15) is 5.75 Å². The van der Waals surface area contributed by atoms with E-state index in [1.807, 2.05) is 0 Å². The molecule has 0 aliphatic rings. The maximum atomic E-state index is 12.5. The fourth-order valence-electron chi connectivity index (χ4n) is 2.54. The highest BCUT2D eigenvalue weighted by molar-refractivity contribution is 7.89. The number of hydrogen-bond donors (Lipinski definition) is 2. The molecule has 1 atom stereocenters. The summed E-state index contributed by atoms with van der Waals surface area (Å²) in [6, 6.07) is 11.0. The number of methoxy groups -OCH3 is 1. The van der Waals surface area contributed by atoms with Gasteiger partial charge >= 0.3 is 0 Å². The van der Waals surface area contributed by atoms with E-state index in [4.69, 9.17) is 4.74 Å². The third-order valence-electron chi connectivity index (χ3n) is 4.28. The minimum Gasteiger partial charge on any atom is -0.497 e. The number of rotatable bonds is 9. The molecule has 0 unspecified atom stereocenters. The summed E-state index contributed by atoms with van der Waals surface area (Å²) < 4.78 is 58.2. The van der Waals surface area contributed by atoms with Crippen LogP contribution in [0.1, 0.15) is 12.5 Å². The molecule has 1 amide bonds. The highest BCUT2D eigenvalue weighted by Gasteiger charge is 2.24. The van der Waals surface area contributed by atoms with Crippen molar-refractivity contribution in [3.63, 3.8) is 0 Å². The van der Waals surface area contributed by atoms with Crippen molar-refractivity contribution in [2.24, 2.45) is 0 Å². The molecule has 0 aliphatic heterocycles. The van der Waals surface area contributed by atoms with Crippen molar-refractivity contribution >= 4 is 26.0 Å². The Hall–Kier alpha value is -2.47. The molecule has 164 valence electrons. The van der Waals surface area contributed by atoms with E-state index >= 15 is 0 Å². The van der Waals surface area contributed by atoms with Crippen LogP contribution in [0.3, 0.4) is 0 Å². The summed E-state index contributed by atoms with van der Waals surface area (Å²) in [6.07, 6.45) is 0. The first-order valence-electron chi connectivity index (χ1n) is 8.93. The molecule has 0 fully saturated rings. The van der Waals surface area contributed by atoms with Crippen LogP contribution in [0.4, 0.5) is 0 Å². The van der Waals surface area contributed by atoms with E-state index in [-0.39, 0.29) is 16.3 Å². The molecule has 2 N–H and O–H groups in total. The maximum Gasteiger partial charge on any atom is 0.242 e. The van der Waals surface area contributed by atoms with Crippen LogP contribution >= 0.6 is 0 Å². The largest absolute Gasteiger partial charge is 0.497 e. The van der Waals surface area contributed by atoms with Crippen LogP contribution in [-0.4, -0.2) is 54.3 Å². The number of ether oxygens (including phenoxy) is 1. The van der Waals surface area contributed by atoms with E-state index in [2.05, 4.69) is 10.0 Å². The van der Waals surface area contributed by atoms with Gasteiger partial charge in [0.05, 0.1) is 22.9 Å². The molecule has 2 rings (SSSR count). The quantitative estimate of drug-likeness (QED) is 0.580. The molecular weight excluding hydrogens is 430 g/mol. The van der Waals surface area contributed by atoms with Crippen LogP contribution < -0.4 is 14.8 Å². The topological polar surface area (TPSA) is 122 Å². The van der Waals surface area contributed by atoms with Gasteiger partial charge in [0, 0.05) is 20.6 Å². The molecule has 0 saturated heterocycles. The Bertz CT molecular complexity index is 1100. The summed E-state index contributed by atoms with van der Waals surface area (Å²) >= 11 is 0. The van der Waals surface area contributed by atoms with E-state index in [0.717, 1.165) is 4.31 Å². The lowest BCUT2D eigenvalue weighted by molar-refractivity contribution is -0.122. The Morgan fingerprint density at radius 1 is 1.03 bits per heavy atom. The van der Waals surface area contributed by atoms with Crippen molar-refractivity contribution in [1.29, 1.82) is 0 Å². The second kappa shape index (κ2) is 9.56. The lowest BCUT2D eigenvalue weighted by Crippen LogP contribution is -2.44. The van der Waals surface area contributed by atoms with Crippen molar-refractivity contribution in [2.75, 3.05) is 21.2 Å². The molecule has 2 aromatic carbocycles. The number of nitrogens with one attached hydrogen (secondary N) is 2. The zero-order valence-electron chi connectivity index (χ0n) is 17.1. The van der Waals surface area contributed by atoms with E-state index in [1.165, 1.54) is 58.5 Å². The monoisotopic (exact) mass is 455 g/mol. The molecule has 0 aromatic heterocycles. The fraction of sp³-hybridized carbons (Fsp3) is 0.316. The first kappa shape index (κ1) is 23.8. The van der Waals surface area contributed by atoms with Gasteiger partial charge in [0.25, 0.3) is 0 Å². The molecular formula is C19H25N3O6S2. The van der Waals surface area contributed by atoms with Gasteiger partial charge in [-0.3, -0.25) is 4.79 Å². The first-order chi connectivity index (χ1) is 14.0. The summed E-state index contributed by atoms with van der Waals surface area (Å²) in [5.41, 5.74) is 0.393. The van der Waals surface area contributed by atoms with Crippen LogP contribution in [0.15, 0.2) is 58.3 Å². The summed E-state index contributed by atoms with van der Waals surface area (Å²) in [5.74, 6) is -0.0878. The Labute approximate surface area is 177 Å². The Morgan fingerprint density at radius 2 is 1.63 bits per heavy atom. The van der Waals surface area contributed by atoms with Crippen molar-refractivity contribution in [3.05, 3.63) is 54.1 Å². The zero-order chi connectivity index (χ0) is 22.5. The maximum absolute atomic E-state index is 12.5. The Kier molecular flexibility index (Phi) is 7.59. The average molecular weight is 456 g/mol. The molecule has 0 aliphatic carbocycles. The number of sulfonamides is 2. The van der Waals surface area contributed by atoms with Gasteiger partial charge in [-0.1, -0.05) is 18.2 Å². The van der Waals surface area contributed by atoms with Crippen LogP contribution in [0.5, 0.6) is 5.75 Å². The standard InChI is InChI=1S/C19H25N3O6S2/c1-14(21-29(24,25)17-11-9-16(28-4)10-12-17)19(23)20-13-15-7-5-6-8-18(15)30(26,27)22(2)3/h5-12,14,21H,13H2,1-4H3,(H,20,23)/t14-/m0/s1. The number of carbonyl (C=O) groups is 1. The van der Waals surface area contributed by atoms with Gasteiger partial charge in [0.2, 0.25) is 26.0 Å². The lowest BCUT2D eigenvalue weighted by atomic mass is 10.2. The van der Waals surface area contributed by atoms with Crippen molar-refractivity contribution in [2.45, 2.75) is 29.3 Å². The van der Waals surface area contributed by atoms with Gasteiger partial charge in [0.15, 0.2) is 0 Å². The zero-order valence-corrected chi connectivity index (χ0v) is 18.7. The summed E-state index contributed by atoms with van der Waals surface area (Å²) in [6.45, 7) is 1.33. The van der Waals surface area contributed by atoms with Crippen molar-refractivity contribution < 1.29 is 26.4 Å². The third-order valence-corrected chi connectivity index (χ3v) is 7.75. The normalized spacial score (nSPS) is 13.1. The van der Waals surface area contributed by atoms with E-state index in [0.29, 0.717) is 11.3 Å². The SMILES string of the molecule is COc1ccc(S(=O)(=O)N[C@@H](C)C(=O)NCc2ccccc2S(=O)(=O)N(C)C)cc1. The molecule has 0 bridgehead atoms. The second-order valence-electron chi connectivity index (χ2n) is 6.63. The van der Waals surface area contributed by atoms with Crippen LogP contribution in [0, 0.1) is 0 Å². The van der Waals surface area contributed by atoms with Gasteiger partial charge in [-0.2, -0.15) is 4.72 Å². The average Bonchev–Trinajstić information content (AvgIpc) is 2.71. The smallest absolute Gasteiger partial charge is 0.242 e. The number of nitrogens with zero attached hydrogens (tertiary/aromatic N) is 1. The van der Waals surface area contributed by atoms with E-state index in [1.54, 1.807) is 18.2 Å². The second-order valence-corrected chi connectivity index (χ2v) is 10.5. The highest BCUT2D eigenvalue weighted by atomic mass is 32.2. The van der Waals surface area contributed by atoms with Gasteiger partial charge < -0.3 is 10.1 Å². The first-order valence-corrected chi connectivity index (χ1v) is 11.9. The minimum absolute atomic E-state index is 0.00891. The number of benzene rings is 2. The lowest BCUT2D eigenvalue weighted by Gasteiger charge is -2.17. The molecule has 0 heterocycles. The Morgan fingerprint density at radius 3 is 2.20 bits per heavy atom. The van der Waals surface area contributed by atoms with E-state index < -0.39 is 32.0 Å². The van der Waals surface area contributed by atoms with Gasteiger partial charge in [-0.25, -0.2) is 21.1 Å². The molecule has 11 heteroatoms. The third kappa shape index (κ3) is 5.57. The molecule has 0 spiro atoms. The summed E-state index contributed by atoms with van der Waals surface area (Å²) in [4.78, 5) is 12.5. The Balaban J connectivity index is 2.08. The van der Waals surface area contributed by atoms with Crippen LogP contribution in [0.2, 0.25) is 0 Å². The predicted molar refractivity (Wildman–Crippen MR) is 112 cm³/mol. The molecule has 30 heavy (non-hydrogen) atoms. The van der Waals surface area contributed by atoms with Gasteiger partial charge in [-0.05, 0) is 42.8 Å². The molecule has 2 aromatic rings. The van der Waals surface area contributed by atoms with Crippen molar-refractivity contribution in [3.8, 4) is 5.75 Å². The van der Waals surface area contributed by atoms with Gasteiger partial charge in [-0.15, -0.1) is 0 Å². The van der Waals surface area contributed by atoms with Crippen LogP contribution in [0.25, 0.3) is 0 Å². The summed E-state index contributed by atoms with van der Waals surface area (Å²) in [7, 11) is -3.31. The fourth-order valence-corrected chi connectivity index (χ4v) is 4.86. The summed E-state index contributed by atoms with van der Waals surface area (Å²) in [5, 5.41) is 2.57. The predicted octanol–water partition coefficient (Wildman–Crippen LogP) is 0.929. The van der Waals surface area contributed by atoms with Crippen LogP contribution in [-0.2, 0) is 31.4 Å².